The van der Waals surface area contributed by atoms with Gasteiger partial charge in [-0.05, 0) is 31.0 Å². The number of aromatic nitrogens is 2. The molecule has 0 saturated heterocycles. The molecule has 2 atom stereocenters. The lowest BCUT2D eigenvalue weighted by molar-refractivity contribution is -0.137. The fraction of sp³-hybridized carbons (Fsp3) is 0.333. The molecular formula is C27H26ClN3O7. The maximum Gasteiger partial charge on any atom is 0.303 e. The summed E-state index contributed by atoms with van der Waals surface area (Å²) in [5.41, 5.74) is 1.30. The lowest BCUT2D eigenvalue weighted by atomic mass is 9.74. The molecule has 3 aromatic rings. The van der Waals surface area contributed by atoms with Gasteiger partial charge in [-0.15, -0.1) is 0 Å². The number of methoxy groups -OCH3 is 2. The van der Waals surface area contributed by atoms with Crippen LogP contribution in [-0.4, -0.2) is 52.4 Å². The number of H-pyrrole nitrogens is 1. The van der Waals surface area contributed by atoms with Crippen molar-refractivity contribution >= 4 is 45.9 Å². The number of halogens is 1. The number of nitrogens with one attached hydrogen (secondary N) is 2. The van der Waals surface area contributed by atoms with E-state index < -0.39 is 29.1 Å². The number of carbonyl (C=O) groups excluding carboxylic acids is 2. The minimum absolute atomic E-state index is 0.0789. The number of fused-ring (bicyclic) bond motifs is 2. The fourth-order valence-corrected chi connectivity index (χ4v) is 5.33. The number of Topliss-reactive ketones (excluding diaryl/α,β-unsaturated/α-hetero) is 1. The number of hydrogen-bond acceptors (Lipinski definition) is 8. The predicted octanol–water partition coefficient (Wildman–Crippen LogP) is 4.56. The summed E-state index contributed by atoms with van der Waals surface area (Å²) in [6.07, 6.45) is 2.86. The second kappa shape index (κ2) is 9.68. The summed E-state index contributed by atoms with van der Waals surface area (Å²) < 4.78 is 16.7. The Morgan fingerprint density at radius 2 is 2.03 bits per heavy atom. The predicted molar refractivity (Wildman–Crippen MR) is 139 cm³/mol. The Morgan fingerprint density at radius 3 is 2.71 bits per heavy atom. The minimum atomic E-state index is -1.74. The van der Waals surface area contributed by atoms with Gasteiger partial charge in [-0.3, -0.25) is 14.4 Å². The maximum absolute atomic E-state index is 13.6. The summed E-state index contributed by atoms with van der Waals surface area (Å²) in [5, 5.41) is 12.2. The van der Waals surface area contributed by atoms with E-state index in [1.807, 2.05) is 18.2 Å². The zero-order chi connectivity index (χ0) is 27.2. The van der Waals surface area contributed by atoms with Crippen LogP contribution in [0.2, 0.25) is 5.02 Å². The average molecular weight is 540 g/mol. The van der Waals surface area contributed by atoms with Crippen LogP contribution >= 0.6 is 11.6 Å². The maximum atomic E-state index is 13.6. The van der Waals surface area contributed by atoms with E-state index in [2.05, 4.69) is 15.3 Å². The van der Waals surface area contributed by atoms with Crippen molar-refractivity contribution in [2.24, 2.45) is 5.92 Å². The fourth-order valence-electron chi connectivity index (χ4n) is 5.07. The molecule has 1 aliphatic heterocycles. The molecule has 0 unspecified atom stereocenters. The van der Waals surface area contributed by atoms with Crippen LogP contribution < -0.4 is 19.5 Å². The molecule has 0 saturated carbocycles. The lowest BCUT2D eigenvalue weighted by Gasteiger charge is -2.35. The molecule has 10 nitrogen and oxygen atoms in total. The first-order valence-electron chi connectivity index (χ1n) is 12.1. The summed E-state index contributed by atoms with van der Waals surface area (Å²) in [6, 6.07) is 7.06. The zero-order valence-electron chi connectivity index (χ0n) is 21.0. The molecule has 2 aromatic carbocycles. The Labute approximate surface area is 222 Å². The molecule has 38 heavy (non-hydrogen) atoms. The van der Waals surface area contributed by atoms with Gasteiger partial charge in [0.1, 0.15) is 27.9 Å². The smallest absolute Gasteiger partial charge is 0.303 e. The number of allylic oxidation sites excluding steroid dienone is 1. The van der Waals surface area contributed by atoms with Crippen molar-refractivity contribution in [1.29, 1.82) is 0 Å². The Bertz CT molecular complexity index is 1510. The molecule has 0 radical (unpaired) electrons. The van der Waals surface area contributed by atoms with Crippen molar-refractivity contribution < 1.29 is 33.7 Å². The lowest BCUT2D eigenvalue weighted by Crippen LogP contribution is -2.55. The molecule has 2 heterocycles. The quantitative estimate of drug-likeness (QED) is 0.351. The molecule has 11 heteroatoms. The number of nitrogens with zero attached hydrogens (tertiary/aromatic N) is 1. The first-order chi connectivity index (χ1) is 18.2. The van der Waals surface area contributed by atoms with Gasteiger partial charge in [0.2, 0.25) is 17.2 Å². The number of aliphatic carboxylic acids is 1. The number of anilines is 1. The number of ether oxygens (including phenoxy) is 3. The number of rotatable bonds is 8. The average Bonchev–Trinajstić information content (AvgIpc) is 3.42. The largest absolute Gasteiger partial charge is 0.496 e. The number of carbonyl (C=O) groups is 3. The van der Waals surface area contributed by atoms with Crippen molar-refractivity contribution in [3.8, 4) is 17.2 Å². The third-order valence-corrected chi connectivity index (χ3v) is 7.31. The second-order valence-corrected chi connectivity index (χ2v) is 9.77. The number of ketones is 2. The first kappa shape index (κ1) is 25.6. The molecule has 0 amide bonds. The van der Waals surface area contributed by atoms with E-state index in [1.165, 1.54) is 26.4 Å². The number of imidazole rings is 1. The highest BCUT2D eigenvalue weighted by Crippen LogP contribution is 2.53. The van der Waals surface area contributed by atoms with E-state index in [0.29, 0.717) is 30.8 Å². The van der Waals surface area contributed by atoms with Gasteiger partial charge in [-0.1, -0.05) is 18.5 Å². The summed E-state index contributed by atoms with van der Waals surface area (Å²) in [5.74, 6) is -1.02. The van der Waals surface area contributed by atoms with Crippen LogP contribution in [0.15, 0.2) is 36.0 Å². The van der Waals surface area contributed by atoms with Crippen molar-refractivity contribution in [3.63, 3.8) is 0 Å². The van der Waals surface area contributed by atoms with Gasteiger partial charge in [0.05, 0.1) is 25.3 Å². The van der Waals surface area contributed by atoms with Crippen molar-refractivity contribution in [2.75, 3.05) is 19.5 Å². The molecule has 0 bridgehead atoms. The normalized spacial score (nSPS) is 20.3. The Kier molecular flexibility index (Phi) is 6.52. The zero-order valence-corrected chi connectivity index (χ0v) is 21.8. The van der Waals surface area contributed by atoms with E-state index in [9.17, 15) is 14.4 Å². The van der Waals surface area contributed by atoms with Crippen LogP contribution in [0.5, 0.6) is 17.2 Å². The summed E-state index contributed by atoms with van der Waals surface area (Å²) >= 11 is 6.44. The number of hydrogen-bond donors (Lipinski definition) is 3. The van der Waals surface area contributed by atoms with Gasteiger partial charge in [-0.25, -0.2) is 4.98 Å². The number of aromatic amines is 1. The van der Waals surface area contributed by atoms with E-state index in [0.717, 1.165) is 16.7 Å². The van der Waals surface area contributed by atoms with Crippen LogP contribution in [0.25, 0.3) is 11.0 Å². The molecule has 2 aliphatic rings. The third-order valence-electron chi connectivity index (χ3n) is 6.95. The van der Waals surface area contributed by atoms with Gasteiger partial charge >= 0.3 is 5.97 Å². The van der Waals surface area contributed by atoms with Gasteiger partial charge < -0.3 is 29.6 Å². The van der Waals surface area contributed by atoms with E-state index in [-0.39, 0.29) is 34.3 Å². The van der Waals surface area contributed by atoms with Crippen LogP contribution in [0, 0.1) is 5.92 Å². The van der Waals surface area contributed by atoms with E-state index >= 15 is 0 Å². The summed E-state index contributed by atoms with van der Waals surface area (Å²) in [6.45, 7) is 1.79. The third kappa shape index (κ3) is 4.14. The van der Waals surface area contributed by atoms with Crippen molar-refractivity contribution in [2.45, 2.75) is 38.2 Å². The number of carboxylic acid groups (broad SMARTS) is 1. The monoisotopic (exact) mass is 539 g/mol. The molecule has 198 valence electrons. The van der Waals surface area contributed by atoms with E-state index in [4.69, 9.17) is 30.9 Å². The summed E-state index contributed by atoms with van der Waals surface area (Å²) in [7, 11) is 2.86. The van der Waals surface area contributed by atoms with Gasteiger partial charge in [0.25, 0.3) is 0 Å². The van der Waals surface area contributed by atoms with Crippen LogP contribution in [0.1, 0.15) is 42.4 Å². The second-order valence-electron chi connectivity index (χ2n) is 9.39. The van der Waals surface area contributed by atoms with Crippen LogP contribution in [-0.2, 0) is 16.0 Å². The van der Waals surface area contributed by atoms with Gasteiger partial charge in [0, 0.05) is 42.3 Å². The Balaban J connectivity index is 1.39. The van der Waals surface area contributed by atoms with Crippen molar-refractivity contribution in [3.05, 3.63) is 52.4 Å². The first-order valence-corrected chi connectivity index (χ1v) is 12.5. The SMILES string of the molecule is COc1cc(OC)c2c(c1Cl)O[C@@]1(C(=O)C=C(Nc3ccc4nc(CCCC(=O)O)[nH]c4c3)C[C@H]1C)C2=O. The Morgan fingerprint density at radius 1 is 1.26 bits per heavy atom. The number of benzene rings is 2. The molecular weight excluding hydrogens is 514 g/mol. The van der Waals surface area contributed by atoms with Crippen LogP contribution in [0.3, 0.4) is 0 Å². The Hall–Kier alpha value is -4.05. The van der Waals surface area contributed by atoms with Gasteiger partial charge in [-0.2, -0.15) is 0 Å². The highest BCUT2D eigenvalue weighted by atomic mass is 35.5. The highest BCUT2D eigenvalue weighted by Gasteiger charge is 2.60. The molecule has 1 aromatic heterocycles. The standard InChI is InChI=1S/C27H26ClN3O7/c1-13-9-15(29-14-7-8-16-17(10-14)31-21(30-16)5-4-6-22(33)34)11-20(32)27(13)26(35)23-18(36-2)12-19(37-3)24(28)25(23)38-27/h7-8,10-13,29H,4-6,9H2,1-3H3,(H,30,31)(H,33,34)/t13-,27+/m1/s1. The summed E-state index contributed by atoms with van der Waals surface area (Å²) in [4.78, 5) is 45.6. The molecule has 1 spiro atoms. The highest BCUT2D eigenvalue weighted by molar-refractivity contribution is 6.36. The molecule has 5 rings (SSSR count). The molecule has 0 fully saturated rings. The molecule has 3 N–H and O–H groups in total. The number of aryl methyl sites for hydroxylation is 1. The number of carboxylic acids is 1. The molecule has 1 aliphatic carbocycles. The van der Waals surface area contributed by atoms with Gasteiger partial charge in [0.15, 0.2) is 5.75 Å². The van der Waals surface area contributed by atoms with Crippen LogP contribution in [0.4, 0.5) is 5.69 Å². The van der Waals surface area contributed by atoms with Crippen molar-refractivity contribution in [1.82, 2.24) is 9.97 Å². The van der Waals surface area contributed by atoms with E-state index in [1.54, 1.807) is 6.92 Å². The minimum Gasteiger partial charge on any atom is -0.496 e. The topological polar surface area (TPSA) is 140 Å².